The van der Waals surface area contributed by atoms with Crippen molar-refractivity contribution in [3.05, 3.63) is 106 Å². The van der Waals surface area contributed by atoms with E-state index < -0.39 is 5.97 Å². The molecular weight excluding hydrogens is 452 g/mol. The summed E-state index contributed by atoms with van der Waals surface area (Å²) in [6.45, 7) is 0.372. The van der Waals surface area contributed by atoms with Crippen LogP contribution in [0.3, 0.4) is 0 Å². The lowest BCUT2D eigenvalue weighted by molar-refractivity contribution is 0.0697. The zero-order chi connectivity index (χ0) is 23.7. The fraction of sp³-hybridized carbons (Fsp3) is 0.0769. The number of aliphatic hydroxyl groups is 1. The zero-order valence-electron chi connectivity index (χ0n) is 17.9. The maximum atomic E-state index is 11.1. The summed E-state index contributed by atoms with van der Waals surface area (Å²) in [4.78, 5) is 25.1. The molecule has 168 valence electrons. The lowest BCUT2D eigenvalue weighted by Gasteiger charge is -2.13. The number of hydrogen-bond acceptors (Lipinski definition) is 6. The van der Waals surface area contributed by atoms with Gasteiger partial charge in [0.15, 0.2) is 0 Å². The number of aliphatic hydroxyl groups excluding tert-OH is 1. The molecule has 0 saturated heterocycles. The highest BCUT2D eigenvalue weighted by Crippen LogP contribution is 2.34. The van der Waals surface area contributed by atoms with Crippen molar-refractivity contribution in [2.24, 2.45) is 4.99 Å². The maximum absolute atomic E-state index is 11.1. The number of aromatic carboxylic acids is 1. The van der Waals surface area contributed by atoms with Gasteiger partial charge >= 0.3 is 5.97 Å². The number of carboxylic acids is 1. The summed E-state index contributed by atoms with van der Waals surface area (Å²) >= 11 is 6.36. The Hall–Kier alpha value is -4.07. The molecule has 2 heterocycles. The fourth-order valence-corrected chi connectivity index (χ4v) is 4.00. The summed E-state index contributed by atoms with van der Waals surface area (Å²) in [6.07, 6.45) is 1.75. The molecule has 1 aliphatic rings. The number of carboxylic acid groups (broad SMARTS) is 1. The second-order valence-corrected chi connectivity index (χ2v) is 8.22. The molecule has 3 N–H and O–H groups in total. The van der Waals surface area contributed by atoms with E-state index in [9.17, 15) is 9.90 Å². The molecule has 0 bridgehead atoms. The van der Waals surface area contributed by atoms with Crippen molar-refractivity contribution in [3.8, 4) is 11.3 Å². The van der Waals surface area contributed by atoms with Gasteiger partial charge in [-0.2, -0.15) is 0 Å². The van der Waals surface area contributed by atoms with Gasteiger partial charge in [0.25, 0.3) is 0 Å². The normalized spacial score (nSPS) is 12.2. The van der Waals surface area contributed by atoms with E-state index in [-0.39, 0.29) is 12.2 Å². The van der Waals surface area contributed by atoms with Crippen molar-refractivity contribution in [2.45, 2.75) is 13.2 Å². The summed E-state index contributed by atoms with van der Waals surface area (Å²) in [5.74, 6) is -0.594. The van der Waals surface area contributed by atoms with Crippen molar-refractivity contribution in [2.75, 3.05) is 5.32 Å². The number of nitrogens with one attached hydrogen (secondary N) is 1. The summed E-state index contributed by atoms with van der Waals surface area (Å²) in [6, 6.07) is 19.6. The quantitative estimate of drug-likeness (QED) is 0.375. The third-order valence-corrected chi connectivity index (χ3v) is 5.80. The smallest absolute Gasteiger partial charge is 0.335 e. The highest BCUT2D eigenvalue weighted by Gasteiger charge is 2.21. The van der Waals surface area contributed by atoms with Gasteiger partial charge in [-0.15, -0.1) is 0 Å². The van der Waals surface area contributed by atoms with Gasteiger partial charge in [0.2, 0.25) is 5.95 Å². The molecule has 0 amide bonds. The van der Waals surface area contributed by atoms with Crippen LogP contribution in [0, 0.1) is 0 Å². The Bertz CT molecular complexity index is 1420. The van der Waals surface area contributed by atoms with Gasteiger partial charge in [0.05, 0.1) is 30.1 Å². The van der Waals surface area contributed by atoms with Crippen LogP contribution in [0.25, 0.3) is 11.3 Å². The Kier molecular flexibility index (Phi) is 5.79. The van der Waals surface area contributed by atoms with Gasteiger partial charge in [0, 0.05) is 39.2 Å². The number of aliphatic imine (C=N–C) groups is 1. The van der Waals surface area contributed by atoms with Gasteiger partial charge < -0.3 is 15.5 Å². The molecule has 1 aliphatic heterocycles. The van der Waals surface area contributed by atoms with Crippen molar-refractivity contribution < 1.29 is 15.0 Å². The molecule has 0 aliphatic carbocycles. The first-order chi connectivity index (χ1) is 16.5. The average Bonchev–Trinajstić information content (AvgIpc) is 3.01. The molecule has 3 aromatic carbocycles. The van der Waals surface area contributed by atoms with Crippen molar-refractivity contribution in [1.29, 1.82) is 0 Å². The van der Waals surface area contributed by atoms with E-state index in [1.165, 1.54) is 12.1 Å². The molecule has 5 rings (SSSR count). The predicted molar refractivity (Wildman–Crippen MR) is 131 cm³/mol. The van der Waals surface area contributed by atoms with Gasteiger partial charge in [-0.05, 0) is 42.0 Å². The molecule has 0 fully saturated rings. The summed E-state index contributed by atoms with van der Waals surface area (Å²) in [5.41, 5.74) is 6.77. The first-order valence-corrected chi connectivity index (χ1v) is 10.9. The number of hydrogen-bond donors (Lipinski definition) is 3. The number of nitrogens with zero attached hydrogens (tertiary/aromatic N) is 3. The minimum atomic E-state index is -0.982. The minimum absolute atomic E-state index is 0.0228. The molecule has 34 heavy (non-hydrogen) atoms. The summed E-state index contributed by atoms with van der Waals surface area (Å²) < 4.78 is 0. The van der Waals surface area contributed by atoms with Crippen molar-refractivity contribution in [1.82, 2.24) is 9.97 Å². The Morgan fingerprint density at radius 3 is 2.47 bits per heavy atom. The molecule has 0 atom stereocenters. The number of halogens is 1. The lowest BCUT2D eigenvalue weighted by atomic mass is 9.95. The van der Waals surface area contributed by atoms with Crippen LogP contribution in [0.5, 0.6) is 0 Å². The Morgan fingerprint density at radius 1 is 1.00 bits per heavy atom. The number of benzene rings is 3. The Morgan fingerprint density at radius 2 is 1.76 bits per heavy atom. The van der Waals surface area contributed by atoms with Crippen LogP contribution in [0.15, 0.2) is 77.9 Å². The van der Waals surface area contributed by atoms with E-state index in [1.54, 1.807) is 18.3 Å². The summed E-state index contributed by atoms with van der Waals surface area (Å²) in [5, 5.41) is 22.2. The standard InChI is InChI=1S/C26H19ClN4O3/c27-19-7-10-21-22(11-19)23(16-3-1-15(14-32)2-4-16)28-12-18-13-29-26(31-24(18)21)30-20-8-5-17(6-9-20)25(33)34/h1-11,13,32H,12,14H2,(H,33,34)(H,29,30,31). The number of rotatable bonds is 5. The lowest BCUT2D eigenvalue weighted by Crippen LogP contribution is -2.05. The van der Waals surface area contributed by atoms with E-state index in [0.29, 0.717) is 23.2 Å². The third-order valence-electron chi connectivity index (χ3n) is 5.56. The number of aromatic nitrogens is 2. The highest BCUT2D eigenvalue weighted by atomic mass is 35.5. The topological polar surface area (TPSA) is 108 Å². The first-order valence-electron chi connectivity index (χ1n) is 10.5. The summed E-state index contributed by atoms with van der Waals surface area (Å²) in [7, 11) is 0. The fourth-order valence-electron chi connectivity index (χ4n) is 3.82. The van der Waals surface area contributed by atoms with Crippen LogP contribution >= 0.6 is 11.6 Å². The highest BCUT2D eigenvalue weighted by molar-refractivity contribution is 6.31. The van der Waals surface area contributed by atoms with Crippen LogP contribution in [-0.4, -0.2) is 31.9 Å². The molecule has 0 radical (unpaired) electrons. The van der Waals surface area contributed by atoms with Crippen LogP contribution in [0.1, 0.15) is 32.6 Å². The average molecular weight is 471 g/mol. The van der Waals surface area contributed by atoms with Crippen LogP contribution in [0.2, 0.25) is 5.02 Å². The Labute approximate surface area is 200 Å². The third kappa shape index (κ3) is 4.26. The van der Waals surface area contributed by atoms with Gasteiger partial charge in [-0.1, -0.05) is 41.9 Å². The van der Waals surface area contributed by atoms with Gasteiger partial charge in [0.1, 0.15) is 0 Å². The molecule has 7 nitrogen and oxygen atoms in total. The number of fused-ring (bicyclic) bond motifs is 3. The molecule has 0 spiro atoms. The van der Waals surface area contributed by atoms with E-state index in [2.05, 4.69) is 10.3 Å². The van der Waals surface area contributed by atoms with Gasteiger partial charge in [-0.25, -0.2) is 14.8 Å². The number of carbonyl (C=O) groups is 1. The molecule has 4 aromatic rings. The molecular formula is C26H19ClN4O3. The van der Waals surface area contributed by atoms with Crippen LogP contribution in [-0.2, 0) is 13.2 Å². The van der Waals surface area contributed by atoms with Crippen LogP contribution < -0.4 is 5.32 Å². The van der Waals surface area contributed by atoms with Crippen LogP contribution in [0.4, 0.5) is 11.6 Å². The number of anilines is 2. The molecule has 1 aromatic heterocycles. The van der Waals surface area contributed by atoms with Crippen molar-refractivity contribution in [3.63, 3.8) is 0 Å². The van der Waals surface area contributed by atoms with E-state index in [4.69, 9.17) is 26.7 Å². The van der Waals surface area contributed by atoms with Gasteiger partial charge in [-0.3, -0.25) is 4.99 Å². The Balaban J connectivity index is 1.54. The molecule has 8 heteroatoms. The second-order valence-electron chi connectivity index (χ2n) is 7.78. The SMILES string of the molecule is O=C(O)c1ccc(Nc2ncc3c(n2)-c2ccc(Cl)cc2C(c2ccc(CO)cc2)=NC3)cc1. The molecule has 0 unspecified atom stereocenters. The largest absolute Gasteiger partial charge is 0.478 e. The van der Waals surface area contributed by atoms with E-state index >= 15 is 0 Å². The van der Waals surface area contributed by atoms with Crippen molar-refractivity contribution >= 4 is 34.9 Å². The van der Waals surface area contributed by atoms with E-state index in [0.717, 1.165) is 39.2 Å². The predicted octanol–water partition coefficient (Wildman–Crippen LogP) is 5.08. The first kappa shape index (κ1) is 21.8. The monoisotopic (exact) mass is 470 g/mol. The van der Waals surface area contributed by atoms with E-state index in [1.807, 2.05) is 42.5 Å². The molecule has 0 saturated carbocycles. The second kappa shape index (κ2) is 9.05. The zero-order valence-corrected chi connectivity index (χ0v) is 18.6. The maximum Gasteiger partial charge on any atom is 0.335 e. The minimum Gasteiger partial charge on any atom is -0.478 e.